The molecule has 0 heterocycles. The molecule has 25 heavy (non-hydrogen) atoms. The molecule has 0 aliphatic rings. The summed E-state index contributed by atoms with van der Waals surface area (Å²) < 4.78 is 15.3. The van der Waals surface area contributed by atoms with E-state index in [4.69, 9.17) is 19.5 Å². The van der Waals surface area contributed by atoms with Crippen LogP contribution in [0.2, 0.25) is 0 Å². The van der Waals surface area contributed by atoms with Gasteiger partial charge < -0.3 is 19.1 Å². The zero-order chi connectivity index (χ0) is 18.7. The number of benzene rings is 1. The number of ether oxygens (including phenoxy) is 3. The smallest absolute Gasteiger partial charge is 0.331 e. The summed E-state index contributed by atoms with van der Waals surface area (Å²) in [4.78, 5) is 25.1. The van der Waals surface area contributed by atoms with Crippen LogP contribution in [0.1, 0.15) is 19.4 Å². The average molecular weight is 346 g/mol. The van der Waals surface area contributed by atoms with Crippen molar-refractivity contribution in [1.29, 1.82) is 5.26 Å². The SMILES string of the molecule is CCN(CC)C(=O)COC(=O)/C=C/c1ccc(OCC#N)c(OC)c1. The largest absolute Gasteiger partial charge is 0.493 e. The topological polar surface area (TPSA) is 88.9 Å². The lowest BCUT2D eigenvalue weighted by Gasteiger charge is -2.17. The molecule has 0 spiro atoms. The number of hydrogen-bond donors (Lipinski definition) is 0. The molecule has 0 bridgehead atoms. The highest BCUT2D eigenvalue weighted by atomic mass is 16.5. The molecule has 0 aromatic heterocycles. The van der Waals surface area contributed by atoms with Gasteiger partial charge in [0.1, 0.15) is 6.07 Å². The van der Waals surface area contributed by atoms with Crippen molar-refractivity contribution >= 4 is 18.0 Å². The van der Waals surface area contributed by atoms with Gasteiger partial charge in [-0.05, 0) is 37.6 Å². The number of carbonyl (C=O) groups is 2. The van der Waals surface area contributed by atoms with E-state index >= 15 is 0 Å². The van der Waals surface area contributed by atoms with Crippen LogP contribution in [0.5, 0.6) is 11.5 Å². The van der Waals surface area contributed by atoms with Crippen LogP contribution in [0, 0.1) is 11.3 Å². The van der Waals surface area contributed by atoms with E-state index < -0.39 is 5.97 Å². The summed E-state index contributed by atoms with van der Waals surface area (Å²) in [6.45, 7) is 4.50. The number of amides is 1. The van der Waals surface area contributed by atoms with Gasteiger partial charge in [-0.2, -0.15) is 5.26 Å². The Balaban J connectivity index is 2.64. The van der Waals surface area contributed by atoms with Crippen molar-refractivity contribution in [3.05, 3.63) is 29.8 Å². The molecule has 0 saturated heterocycles. The van der Waals surface area contributed by atoms with E-state index in [0.717, 1.165) is 0 Å². The fraction of sp³-hybridized carbons (Fsp3) is 0.389. The van der Waals surface area contributed by atoms with Gasteiger partial charge in [-0.1, -0.05) is 6.07 Å². The third-order valence-electron chi connectivity index (χ3n) is 3.35. The maximum Gasteiger partial charge on any atom is 0.331 e. The molecule has 0 atom stereocenters. The van der Waals surface area contributed by atoms with E-state index in [1.165, 1.54) is 13.2 Å². The van der Waals surface area contributed by atoms with Crippen LogP contribution in [-0.4, -0.2) is 50.2 Å². The summed E-state index contributed by atoms with van der Waals surface area (Å²) in [6, 6.07) is 6.89. The Hall–Kier alpha value is -3.01. The minimum absolute atomic E-state index is 0.0849. The summed E-state index contributed by atoms with van der Waals surface area (Å²) >= 11 is 0. The predicted octanol–water partition coefficient (Wildman–Crippen LogP) is 2.02. The van der Waals surface area contributed by atoms with Crippen molar-refractivity contribution in [1.82, 2.24) is 4.90 Å². The zero-order valence-corrected chi connectivity index (χ0v) is 14.7. The normalized spacial score (nSPS) is 10.2. The summed E-state index contributed by atoms with van der Waals surface area (Å²) in [5, 5.41) is 8.54. The third-order valence-corrected chi connectivity index (χ3v) is 3.35. The lowest BCUT2D eigenvalue weighted by molar-refractivity contribution is -0.147. The molecule has 0 radical (unpaired) electrons. The minimum atomic E-state index is -0.607. The Kier molecular flexibility index (Phi) is 8.58. The number of hydrogen-bond acceptors (Lipinski definition) is 6. The van der Waals surface area contributed by atoms with E-state index in [1.54, 1.807) is 29.2 Å². The van der Waals surface area contributed by atoms with Gasteiger partial charge >= 0.3 is 5.97 Å². The van der Waals surface area contributed by atoms with Gasteiger partial charge in [-0.25, -0.2) is 4.79 Å². The number of nitriles is 1. The summed E-state index contributed by atoms with van der Waals surface area (Å²) in [5.74, 6) is 0.0489. The van der Waals surface area contributed by atoms with E-state index in [9.17, 15) is 9.59 Å². The standard InChI is InChI=1S/C18H22N2O5/c1-4-20(5-2)17(21)13-25-18(22)9-7-14-6-8-15(24-11-10-19)16(12-14)23-3/h6-9,12H,4-5,11,13H2,1-3H3/b9-7+. The van der Waals surface area contributed by atoms with Gasteiger partial charge in [-0.3, -0.25) is 4.79 Å². The highest BCUT2D eigenvalue weighted by Gasteiger charge is 2.11. The van der Waals surface area contributed by atoms with Gasteiger partial charge in [-0.15, -0.1) is 0 Å². The Morgan fingerprint density at radius 2 is 1.96 bits per heavy atom. The van der Waals surface area contributed by atoms with Gasteiger partial charge in [0.25, 0.3) is 5.91 Å². The molecule has 7 heteroatoms. The number of carbonyl (C=O) groups excluding carboxylic acids is 2. The van der Waals surface area contributed by atoms with Crippen LogP contribution in [0.25, 0.3) is 6.08 Å². The van der Waals surface area contributed by atoms with Crippen molar-refractivity contribution in [2.75, 3.05) is 33.4 Å². The number of methoxy groups -OCH3 is 1. The molecular formula is C18H22N2O5. The first kappa shape index (κ1) is 20.0. The first-order chi connectivity index (χ1) is 12.0. The zero-order valence-electron chi connectivity index (χ0n) is 14.7. The van der Waals surface area contributed by atoms with Gasteiger partial charge in [0.05, 0.1) is 7.11 Å². The summed E-state index contributed by atoms with van der Waals surface area (Å²) in [7, 11) is 1.48. The van der Waals surface area contributed by atoms with Crippen molar-refractivity contribution in [3.8, 4) is 17.6 Å². The van der Waals surface area contributed by atoms with Gasteiger partial charge in [0.15, 0.2) is 24.7 Å². The molecule has 1 aromatic carbocycles. The molecule has 134 valence electrons. The number of nitrogens with zero attached hydrogens (tertiary/aromatic N) is 2. The van der Waals surface area contributed by atoms with Gasteiger partial charge in [0.2, 0.25) is 0 Å². The average Bonchev–Trinajstić information content (AvgIpc) is 2.64. The molecule has 0 N–H and O–H groups in total. The van der Waals surface area contributed by atoms with Crippen LogP contribution in [-0.2, 0) is 14.3 Å². The van der Waals surface area contributed by atoms with Crippen LogP contribution < -0.4 is 9.47 Å². The Morgan fingerprint density at radius 3 is 2.56 bits per heavy atom. The molecule has 1 rings (SSSR count). The summed E-state index contributed by atoms with van der Waals surface area (Å²) in [5.41, 5.74) is 0.688. The molecule has 0 saturated carbocycles. The molecule has 0 unspecified atom stereocenters. The highest BCUT2D eigenvalue weighted by Crippen LogP contribution is 2.28. The number of esters is 1. The Labute approximate surface area is 147 Å². The monoisotopic (exact) mass is 346 g/mol. The molecular weight excluding hydrogens is 324 g/mol. The van der Waals surface area contributed by atoms with E-state index in [1.807, 2.05) is 19.9 Å². The lowest BCUT2D eigenvalue weighted by Crippen LogP contribution is -2.34. The predicted molar refractivity (Wildman–Crippen MR) is 92.0 cm³/mol. The second kappa shape index (κ2) is 10.7. The fourth-order valence-corrected chi connectivity index (χ4v) is 2.03. The second-order valence-corrected chi connectivity index (χ2v) is 4.86. The molecule has 1 aromatic rings. The maximum absolute atomic E-state index is 11.8. The van der Waals surface area contributed by atoms with Crippen LogP contribution in [0.15, 0.2) is 24.3 Å². The van der Waals surface area contributed by atoms with Crippen molar-refractivity contribution in [3.63, 3.8) is 0 Å². The van der Waals surface area contributed by atoms with Crippen LogP contribution >= 0.6 is 0 Å². The lowest BCUT2D eigenvalue weighted by atomic mass is 10.2. The quantitative estimate of drug-likeness (QED) is 0.502. The first-order valence-electron chi connectivity index (χ1n) is 7.86. The number of rotatable bonds is 9. The minimum Gasteiger partial charge on any atom is -0.493 e. The van der Waals surface area contributed by atoms with Crippen molar-refractivity contribution in [2.45, 2.75) is 13.8 Å². The molecule has 1 amide bonds. The third kappa shape index (κ3) is 6.55. The van der Waals surface area contributed by atoms with Gasteiger partial charge in [0, 0.05) is 19.2 Å². The van der Waals surface area contributed by atoms with Crippen LogP contribution in [0.4, 0.5) is 0 Å². The fourth-order valence-electron chi connectivity index (χ4n) is 2.03. The van der Waals surface area contributed by atoms with Crippen molar-refractivity contribution < 1.29 is 23.8 Å². The summed E-state index contributed by atoms with van der Waals surface area (Å²) in [6.07, 6.45) is 2.78. The Morgan fingerprint density at radius 1 is 1.24 bits per heavy atom. The molecule has 0 fully saturated rings. The maximum atomic E-state index is 11.8. The molecule has 0 aliphatic heterocycles. The van der Waals surface area contributed by atoms with E-state index in [2.05, 4.69) is 0 Å². The van der Waals surface area contributed by atoms with E-state index in [0.29, 0.717) is 30.2 Å². The first-order valence-corrected chi connectivity index (χ1v) is 7.86. The van der Waals surface area contributed by atoms with Crippen LogP contribution in [0.3, 0.4) is 0 Å². The second-order valence-electron chi connectivity index (χ2n) is 4.86. The Bertz CT molecular complexity index is 660. The van der Waals surface area contributed by atoms with Crippen molar-refractivity contribution in [2.24, 2.45) is 0 Å². The molecule has 7 nitrogen and oxygen atoms in total. The highest BCUT2D eigenvalue weighted by molar-refractivity contribution is 5.89. The number of likely N-dealkylation sites (N-methyl/N-ethyl adjacent to an activating group) is 1. The van der Waals surface area contributed by atoms with E-state index in [-0.39, 0.29) is 19.1 Å². The molecule has 0 aliphatic carbocycles.